The van der Waals surface area contributed by atoms with Crippen LogP contribution in [0.3, 0.4) is 0 Å². The minimum Gasteiger partial charge on any atom is -0.378 e. The predicted molar refractivity (Wildman–Crippen MR) is 101 cm³/mol. The van der Waals surface area contributed by atoms with E-state index in [0.717, 1.165) is 16.9 Å². The van der Waals surface area contributed by atoms with Gasteiger partial charge in [0, 0.05) is 43.5 Å². The van der Waals surface area contributed by atoms with Gasteiger partial charge >= 0.3 is 0 Å². The van der Waals surface area contributed by atoms with Crippen molar-refractivity contribution in [1.29, 1.82) is 0 Å². The van der Waals surface area contributed by atoms with E-state index in [1.807, 2.05) is 49.3 Å². The Kier molecular flexibility index (Phi) is 6.19. The molecule has 0 aliphatic heterocycles. The molecule has 2 aromatic carbocycles. The summed E-state index contributed by atoms with van der Waals surface area (Å²) in [5.41, 5.74) is 3.12. The molecule has 0 spiro atoms. The Morgan fingerprint density at radius 3 is 2.44 bits per heavy atom. The summed E-state index contributed by atoms with van der Waals surface area (Å²) in [6, 6.07) is 14.6. The fraction of sp³-hybridized carbons (Fsp3) is 0.200. The van der Waals surface area contributed by atoms with Crippen LogP contribution in [0.4, 0.5) is 11.4 Å². The van der Waals surface area contributed by atoms with Gasteiger partial charge in [-0.15, -0.1) is 0 Å². The summed E-state index contributed by atoms with van der Waals surface area (Å²) in [7, 11) is 3.86. The lowest BCUT2D eigenvalue weighted by Gasteiger charge is -2.13. The van der Waals surface area contributed by atoms with Crippen LogP contribution in [0.1, 0.15) is 22.8 Å². The molecule has 0 saturated carbocycles. The minimum absolute atomic E-state index is 0.111. The van der Waals surface area contributed by atoms with Gasteiger partial charge in [0.15, 0.2) is 0 Å². The van der Waals surface area contributed by atoms with Gasteiger partial charge in [0.25, 0.3) is 5.91 Å². The monoisotopic (exact) mass is 335 g/mol. The third-order valence-electron chi connectivity index (χ3n) is 3.40. The van der Waals surface area contributed by atoms with Crippen LogP contribution in [0.25, 0.3) is 0 Å². The number of anilines is 2. The van der Waals surface area contributed by atoms with E-state index in [0.29, 0.717) is 5.56 Å². The Morgan fingerprint density at radius 2 is 1.80 bits per heavy atom. The molecule has 0 unspecified atom stereocenters. The van der Waals surface area contributed by atoms with E-state index in [4.69, 9.17) is 0 Å². The van der Waals surface area contributed by atoms with Gasteiger partial charge in [0.2, 0.25) is 5.91 Å². The number of hydrogen-bond donors (Lipinski definition) is 2. The first-order valence-corrected chi connectivity index (χ1v) is 7.88. The molecular weight excluding hydrogens is 314 g/mol. The fourth-order valence-corrected chi connectivity index (χ4v) is 2.14. The number of hydrogen-bond acceptors (Lipinski definition) is 3. The molecule has 0 atom stereocenters. The van der Waals surface area contributed by atoms with Gasteiger partial charge in [0.05, 0.1) is 6.54 Å². The highest BCUT2D eigenvalue weighted by Gasteiger charge is 2.05. The first-order chi connectivity index (χ1) is 12.0. The summed E-state index contributed by atoms with van der Waals surface area (Å²) in [6.45, 7) is 1.73. The standard InChI is InChI=1S/C20H21N3O2/c1-15(24)22-18-11-9-16(10-12-18)6-5-13-21-20(25)17-7-4-8-19(14-17)23(2)3/h4,7-12,14H,13H2,1-3H3,(H,21,25)(H,22,24). The zero-order chi connectivity index (χ0) is 18.2. The molecule has 0 saturated heterocycles. The van der Waals surface area contributed by atoms with E-state index in [1.54, 1.807) is 18.2 Å². The van der Waals surface area contributed by atoms with Crippen LogP contribution in [0.2, 0.25) is 0 Å². The van der Waals surface area contributed by atoms with Crippen molar-refractivity contribution in [3.8, 4) is 11.8 Å². The van der Waals surface area contributed by atoms with Gasteiger partial charge in [-0.05, 0) is 42.5 Å². The van der Waals surface area contributed by atoms with Crippen molar-refractivity contribution in [2.24, 2.45) is 0 Å². The van der Waals surface area contributed by atoms with Gasteiger partial charge < -0.3 is 15.5 Å². The van der Waals surface area contributed by atoms with Crippen LogP contribution in [0.5, 0.6) is 0 Å². The lowest BCUT2D eigenvalue weighted by atomic mass is 10.2. The second-order valence-corrected chi connectivity index (χ2v) is 5.69. The third kappa shape index (κ3) is 5.70. The van der Waals surface area contributed by atoms with E-state index < -0.39 is 0 Å². The summed E-state index contributed by atoms with van der Waals surface area (Å²) in [5, 5.41) is 5.48. The van der Waals surface area contributed by atoms with Crippen LogP contribution in [0.15, 0.2) is 48.5 Å². The van der Waals surface area contributed by atoms with Crippen LogP contribution >= 0.6 is 0 Å². The Morgan fingerprint density at radius 1 is 1.08 bits per heavy atom. The maximum atomic E-state index is 12.1. The average Bonchev–Trinajstić information content (AvgIpc) is 2.59. The SMILES string of the molecule is CC(=O)Nc1ccc(C#CCNC(=O)c2cccc(N(C)C)c2)cc1. The van der Waals surface area contributed by atoms with E-state index in [1.165, 1.54) is 6.92 Å². The molecule has 0 aliphatic rings. The molecule has 2 N–H and O–H groups in total. The topological polar surface area (TPSA) is 61.4 Å². The zero-order valence-corrected chi connectivity index (χ0v) is 14.6. The summed E-state index contributed by atoms with van der Waals surface area (Å²) in [4.78, 5) is 25.1. The first-order valence-electron chi connectivity index (χ1n) is 7.88. The quantitative estimate of drug-likeness (QED) is 0.844. The molecule has 128 valence electrons. The molecule has 2 amide bonds. The summed E-state index contributed by atoms with van der Waals surface area (Å²) in [6.07, 6.45) is 0. The Bertz CT molecular complexity index is 815. The zero-order valence-electron chi connectivity index (χ0n) is 14.6. The highest BCUT2D eigenvalue weighted by Crippen LogP contribution is 2.13. The van der Waals surface area contributed by atoms with Crippen molar-refractivity contribution in [2.45, 2.75) is 6.92 Å². The number of carbonyl (C=O) groups excluding carboxylic acids is 2. The first kappa shape index (κ1) is 18.1. The van der Waals surface area contributed by atoms with E-state index in [-0.39, 0.29) is 18.4 Å². The van der Waals surface area contributed by atoms with Crippen molar-refractivity contribution in [2.75, 3.05) is 30.9 Å². The summed E-state index contributed by atoms with van der Waals surface area (Å²) in [5.74, 6) is 5.63. The lowest BCUT2D eigenvalue weighted by molar-refractivity contribution is -0.114. The van der Waals surface area contributed by atoms with Crippen LogP contribution in [0, 0.1) is 11.8 Å². The molecule has 2 aromatic rings. The summed E-state index contributed by atoms with van der Waals surface area (Å²) < 4.78 is 0. The number of nitrogens with zero attached hydrogens (tertiary/aromatic N) is 1. The number of nitrogens with one attached hydrogen (secondary N) is 2. The van der Waals surface area contributed by atoms with Crippen molar-refractivity contribution in [3.05, 3.63) is 59.7 Å². The van der Waals surface area contributed by atoms with Crippen molar-refractivity contribution in [3.63, 3.8) is 0 Å². The van der Waals surface area contributed by atoms with E-state index in [2.05, 4.69) is 22.5 Å². The van der Waals surface area contributed by atoms with Gasteiger partial charge in [-0.2, -0.15) is 0 Å². The second-order valence-electron chi connectivity index (χ2n) is 5.69. The molecule has 0 radical (unpaired) electrons. The fourth-order valence-electron chi connectivity index (χ4n) is 2.14. The predicted octanol–water partition coefficient (Wildman–Crippen LogP) is 2.49. The summed E-state index contributed by atoms with van der Waals surface area (Å²) >= 11 is 0. The third-order valence-corrected chi connectivity index (χ3v) is 3.40. The number of carbonyl (C=O) groups is 2. The van der Waals surface area contributed by atoms with Crippen LogP contribution in [-0.2, 0) is 4.79 Å². The minimum atomic E-state index is -0.154. The molecule has 2 rings (SSSR count). The highest BCUT2D eigenvalue weighted by atomic mass is 16.2. The van der Waals surface area contributed by atoms with Crippen molar-refractivity contribution < 1.29 is 9.59 Å². The van der Waals surface area contributed by atoms with Crippen LogP contribution in [-0.4, -0.2) is 32.5 Å². The molecule has 0 heterocycles. The van der Waals surface area contributed by atoms with E-state index in [9.17, 15) is 9.59 Å². The van der Waals surface area contributed by atoms with Gasteiger partial charge in [-0.3, -0.25) is 9.59 Å². The Hall–Kier alpha value is -3.26. The Balaban J connectivity index is 1.90. The number of amides is 2. The molecule has 0 aromatic heterocycles. The highest BCUT2D eigenvalue weighted by molar-refractivity contribution is 5.95. The molecule has 5 heteroatoms. The van der Waals surface area contributed by atoms with Crippen molar-refractivity contribution >= 4 is 23.2 Å². The molecule has 0 bridgehead atoms. The van der Waals surface area contributed by atoms with E-state index >= 15 is 0 Å². The lowest BCUT2D eigenvalue weighted by Crippen LogP contribution is -2.23. The molecule has 0 aliphatic carbocycles. The Labute approximate surface area is 148 Å². The van der Waals surface area contributed by atoms with Crippen molar-refractivity contribution in [1.82, 2.24) is 5.32 Å². The maximum absolute atomic E-state index is 12.1. The maximum Gasteiger partial charge on any atom is 0.252 e. The van der Waals surface area contributed by atoms with Crippen LogP contribution < -0.4 is 15.5 Å². The van der Waals surface area contributed by atoms with Gasteiger partial charge in [-0.25, -0.2) is 0 Å². The molecule has 5 nitrogen and oxygen atoms in total. The second kappa shape index (κ2) is 8.55. The normalized spacial score (nSPS) is 9.56. The largest absolute Gasteiger partial charge is 0.378 e. The number of benzene rings is 2. The number of rotatable bonds is 4. The smallest absolute Gasteiger partial charge is 0.252 e. The molecule has 25 heavy (non-hydrogen) atoms. The van der Waals surface area contributed by atoms with Gasteiger partial charge in [-0.1, -0.05) is 17.9 Å². The molecule has 0 fully saturated rings. The van der Waals surface area contributed by atoms with Gasteiger partial charge in [0.1, 0.15) is 0 Å². The average molecular weight is 335 g/mol. The molecular formula is C20H21N3O2.